The van der Waals surface area contributed by atoms with Gasteiger partial charge in [-0.3, -0.25) is 0 Å². The summed E-state index contributed by atoms with van der Waals surface area (Å²) in [5, 5.41) is 0. The molecule has 0 radical (unpaired) electrons. The van der Waals surface area contributed by atoms with Crippen LogP contribution in [0.2, 0.25) is 0 Å². The fourth-order valence-corrected chi connectivity index (χ4v) is 3.52. The second-order valence-electron chi connectivity index (χ2n) is 6.79. The lowest BCUT2D eigenvalue weighted by molar-refractivity contribution is -0.143. The van der Waals surface area contributed by atoms with Gasteiger partial charge in [0.05, 0.1) is 17.9 Å². The Hall–Kier alpha value is -1.41. The van der Waals surface area contributed by atoms with Gasteiger partial charge in [0.25, 0.3) is 0 Å². The fourth-order valence-electron chi connectivity index (χ4n) is 1.62. The van der Waals surface area contributed by atoms with Crippen molar-refractivity contribution in [3.05, 3.63) is 12.2 Å². The van der Waals surface area contributed by atoms with Crippen LogP contribution >= 0.6 is 0 Å². The van der Waals surface area contributed by atoms with Gasteiger partial charge in [-0.2, -0.15) is 0 Å². The SMILES string of the molecule is CC(COC(=O)C=CC(=O)OC(C)C)NS(=O)(=O)CC(C)(C)C. The first-order valence-electron chi connectivity index (χ1n) is 7.36. The highest BCUT2D eigenvalue weighted by Gasteiger charge is 2.23. The molecule has 0 rings (SSSR count). The van der Waals surface area contributed by atoms with E-state index in [0.29, 0.717) is 0 Å². The van der Waals surface area contributed by atoms with E-state index in [1.807, 2.05) is 20.8 Å². The quantitative estimate of drug-likeness (QED) is 0.525. The van der Waals surface area contributed by atoms with Gasteiger partial charge in [0.15, 0.2) is 0 Å². The van der Waals surface area contributed by atoms with E-state index in [0.717, 1.165) is 12.2 Å². The van der Waals surface area contributed by atoms with Crippen molar-refractivity contribution < 1.29 is 27.5 Å². The molecule has 0 spiro atoms. The number of esters is 2. The maximum Gasteiger partial charge on any atom is 0.331 e. The van der Waals surface area contributed by atoms with Crippen molar-refractivity contribution in [2.45, 2.75) is 53.7 Å². The highest BCUT2D eigenvalue weighted by atomic mass is 32.2. The monoisotopic (exact) mass is 349 g/mol. The molecule has 1 atom stereocenters. The average molecular weight is 349 g/mol. The Morgan fingerprint density at radius 2 is 1.61 bits per heavy atom. The summed E-state index contributed by atoms with van der Waals surface area (Å²) < 4.78 is 35.9. The number of ether oxygens (including phenoxy) is 2. The molecular weight excluding hydrogens is 322 g/mol. The molecule has 0 fully saturated rings. The lowest BCUT2D eigenvalue weighted by atomic mass is 10.0. The van der Waals surface area contributed by atoms with Crippen LogP contribution in [0.15, 0.2) is 12.2 Å². The number of hydrogen-bond acceptors (Lipinski definition) is 6. The summed E-state index contributed by atoms with van der Waals surface area (Å²) in [6, 6.07) is -0.567. The Morgan fingerprint density at radius 1 is 1.09 bits per heavy atom. The summed E-state index contributed by atoms with van der Waals surface area (Å²) in [4.78, 5) is 22.6. The fraction of sp³-hybridized carbons (Fsp3) is 0.733. The topological polar surface area (TPSA) is 98.8 Å². The van der Waals surface area contributed by atoms with Crippen LogP contribution in [0.4, 0.5) is 0 Å². The Labute approximate surface area is 138 Å². The highest BCUT2D eigenvalue weighted by Crippen LogP contribution is 2.15. The molecule has 0 aliphatic carbocycles. The van der Waals surface area contributed by atoms with E-state index in [1.165, 1.54) is 0 Å². The van der Waals surface area contributed by atoms with Crippen molar-refractivity contribution >= 4 is 22.0 Å². The Bertz CT molecular complexity index is 531. The summed E-state index contributed by atoms with van der Waals surface area (Å²) in [5.74, 6) is -1.41. The second-order valence-corrected chi connectivity index (χ2v) is 8.54. The van der Waals surface area contributed by atoms with Gasteiger partial charge in [-0.15, -0.1) is 0 Å². The molecule has 7 nitrogen and oxygen atoms in total. The minimum atomic E-state index is -3.46. The van der Waals surface area contributed by atoms with E-state index >= 15 is 0 Å². The predicted octanol–water partition coefficient (Wildman–Crippen LogP) is 1.39. The molecular formula is C15H27NO6S. The largest absolute Gasteiger partial charge is 0.461 e. The second kappa shape index (κ2) is 9.02. The first-order chi connectivity index (χ1) is 10.3. The van der Waals surface area contributed by atoms with Crippen LogP contribution in [0.1, 0.15) is 41.5 Å². The minimum Gasteiger partial charge on any atom is -0.461 e. The van der Waals surface area contributed by atoms with Crippen LogP contribution in [0.25, 0.3) is 0 Å². The molecule has 0 amide bonds. The molecule has 0 saturated carbocycles. The highest BCUT2D eigenvalue weighted by molar-refractivity contribution is 7.89. The van der Waals surface area contributed by atoms with Gasteiger partial charge in [0, 0.05) is 12.2 Å². The standard InChI is InChI=1S/C15H27NO6S/c1-11(2)22-14(18)8-7-13(17)21-9-12(3)16-23(19,20)10-15(4,5)6/h7-8,11-12,16H,9-10H2,1-6H3. The molecule has 1 N–H and O–H groups in total. The number of carbonyl (C=O) groups is 2. The van der Waals surface area contributed by atoms with Crippen molar-refractivity contribution in [1.82, 2.24) is 4.72 Å². The maximum atomic E-state index is 11.9. The number of hydrogen-bond donors (Lipinski definition) is 1. The van der Waals surface area contributed by atoms with Crippen molar-refractivity contribution in [2.75, 3.05) is 12.4 Å². The van der Waals surface area contributed by atoms with E-state index in [1.54, 1.807) is 20.8 Å². The van der Waals surface area contributed by atoms with E-state index in [-0.39, 0.29) is 23.9 Å². The number of carbonyl (C=O) groups excluding carboxylic acids is 2. The molecule has 0 aliphatic heterocycles. The van der Waals surface area contributed by atoms with Gasteiger partial charge >= 0.3 is 11.9 Å². The zero-order valence-electron chi connectivity index (χ0n) is 14.6. The summed E-state index contributed by atoms with van der Waals surface area (Å²) in [6.07, 6.45) is 1.64. The van der Waals surface area contributed by atoms with E-state index < -0.39 is 28.0 Å². The first kappa shape index (κ1) is 21.6. The summed E-state index contributed by atoms with van der Waals surface area (Å²) in [7, 11) is -3.46. The van der Waals surface area contributed by atoms with Crippen LogP contribution in [-0.2, 0) is 29.1 Å². The Balaban J connectivity index is 4.29. The van der Waals surface area contributed by atoms with Gasteiger partial charge in [-0.05, 0) is 26.2 Å². The summed E-state index contributed by atoms with van der Waals surface area (Å²) in [6.45, 7) is 10.3. The zero-order valence-corrected chi connectivity index (χ0v) is 15.4. The van der Waals surface area contributed by atoms with Gasteiger partial charge in [-0.25, -0.2) is 22.7 Å². The van der Waals surface area contributed by atoms with Crippen molar-refractivity contribution in [1.29, 1.82) is 0 Å². The third-order valence-electron chi connectivity index (χ3n) is 2.19. The normalized spacial score (nSPS) is 14.0. The van der Waals surface area contributed by atoms with Crippen LogP contribution in [0, 0.1) is 5.41 Å². The van der Waals surface area contributed by atoms with Crippen LogP contribution < -0.4 is 4.72 Å². The average Bonchev–Trinajstić information content (AvgIpc) is 2.29. The summed E-state index contributed by atoms with van der Waals surface area (Å²) >= 11 is 0. The summed E-state index contributed by atoms with van der Waals surface area (Å²) in [5.41, 5.74) is -0.373. The van der Waals surface area contributed by atoms with Crippen LogP contribution in [-0.4, -0.2) is 44.9 Å². The van der Waals surface area contributed by atoms with Gasteiger partial charge < -0.3 is 9.47 Å². The molecule has 0 saturated heterocycles. The molecule has 0 aromatic carbocycles. The van der Waals surface area contributed by atoms with E-state index in [4.69, 9.17) is 9.47 Å². The maximum absolute atomic E-state index is 11.9. The van der Waals surface area contributed by atoms with Crippen LogP contribution in [0.5, 0.6) is 0 Å². The number of rotatable bonds is 8. The predicted molar refractivity (Wildman–Crippen MR) is 87.2 cm³/mol. The van der Waals surface area contributed by atoms with Gasteiger partial charge in [0.2, 0.25) is 10.0 Å². The lowest BCUT2D eigenvalue weighted by Crippen LogP contribution is -2.40. The molecule has 8 heteroatoms. The van der Waals surface area contributed by atoms with Crippen molar-refractivity contribution in [2.24, 2.45) is 5.41 Å². The molecule has 0 aromatic heterocycles. The molecule has 0 aromatic rings. The van der Waals surface area contributed by atoms with Gasteiger partial charge in [0.1, 0.15) is 6.61 Å². The van der Waals surface area contributed by atoms with Crippen molar-refractivity contribution in [3.8, 4) is 0 Å². The lowest BCUT2D eigenvalue weighted by Gasteiger charge is -2.20. The zero-order chi connectivity index (χ0) is 18.3. The van der Waals surface area contributed by atoms with E-state index in [9.17, 15) is 18.0 Å². The molecule has 0 bridgehead atoms. The molecule has 1 unspecified atom stereocenters. The van der Waals surface area contributed by atoms with Crippen LogP contribution in [0.3, 0.4) is 0 Å². The minimum absolute atomic E-state index is 0.0285. The Morgan fingerprint density at radius 3 is 2.09 bits per heavy atom. The third kappa shape index (κ3) is 12.8. The third-order valence-corrected chi connectivity index (χ3v) is 4.19. The van der Waals surface area contributed by atoms with Gasteiger partial charge in [-0.1, -0.05) is 20.8 Å². The van der Waals surface area contributed by atoms with Crippen molar-refractivity contribution in [3.63, 3.8) is 0 Å². The molecule has 134 valence electrons. The molecule has 0 aliphatic rings. The number of nitrogens with one attached hydrogen (secondary N) is 1. The van der Waals surface area contributed by atoms with E-state index in [2.05, 4.69) is 4.72 Å². The first-order valence-corrected chi connectivity index (χ1v) is 9.01. The Kier molecular flexibility index (Phi) is 8.47. The molecule has 23 heavy (non-hydrogen) atoms. The molecule has 0 heterocycles. The number of sulfonamides is 1. The smallest absolute Gasteiger partial charge is 0.331 e.